The van der Waals surface area contributed by atoms with Crippen molar-refractivity contribution in [3.63, 3.8) is 0 Å². The number of hydrogen-bond acceptors (Lipinski definition) is 4. The number of carbonyl (C=O) groups is 2. The van der Waals surface area contributed by atoms with Crippen molar-refractivity contribution in [2.45, 2.75) is 6.61 Å². The number of aromatic nitrogens is 2. The molecule has 0 saturated carbocycles. The standard InChI is InChI=1S/C19H17ClN4O3/c1-24-17(18(21)25)16(10-22-24)23-19(26)13-7-5-12(6-8-13)11-27-15-4-2-3-14(20)9-15/h2-10H,11H2,1H3,(H2,21,25)(H,23,26). The van der Waals surface area contributed by atoms with Crippen molar-refractivity contribution < 1.29 is 14.3 Å². The Morgan fingerprint density at radius 2 is 1.96 bits per heavy atom. The maximum atomic E-state index is 12.4. The van der Waals surface area contributed by atoms with Crippen LogP contribution in [0.3, 0.4) is 0 Å². The Labute approximate surface area is 160 Å². The van der Waals surface area contributed by atoms with Crippen LogP contribution in [0.1, 0.15) is 26.4 Å². The lowest BCUT2D eigenvalue weighted by Gasteiger charge is -2.08. The van der Waals surface area contributed by atoms with Crippen molar-refractivity contribution in [3.8, 4) is 5.75 Å². The highest BCUT2D eigenvalue weighted by atomic mass is 35.5. The minimum Gasteiger partial charge on any atom is -0.489 e. The van der Waals surface area contributed by atoms with E-state index in [0.717, 1.165) is 5.56 Å². The number of halogens is 1. The van der Waals surface area contributed by atoms with E-state index in [1.165, 1.54) is 10.9 Å². The van der Waals surface area contributed by atoms with Gasteiger partial charge in [-0.15, -0.1) is 0 Å². The Morgan fingerprint density at radius 3 is 2.63 bits per heavy atom. The minimum atomic E-state index is -0.668. The number of nitrogens with zero attached hydrogens (tertiary/aromatic N) is 2. The van der Waals surface area contributed by atoms with E-state index in [9.17, 15) is 9.59 Å². The zero-order valence-electron chi connectivity index (χ0n) is 14.5. The van der Waals surface area contributed by atoms with Gasteiger partial charge in [-0.3, -0.25) is 14.3 Å². The average molecular weight is 385 g/mol. The van der Waals surface area contributed by atoms with Gasteiger partial charge in [0, 0.05) is 17.6 Å². The second kappa shape index (κ2) is 7.92. The van der Waals surface area contributed by atoms with E-state index < -0.39 is 5.91 Å². The molecule has 2 amide bonds. The Morgan fingerprint density at radius 1 is 1.22 bits per heavy atom. The predicted octanol–water partition coefficient (Wildman–Crippen LogP) is 3.00. The van der Waals surface area contributed by atoms with Gasteiger partial charge < -0.3 is 15.8 Å². The third kappa shape index (κ3) is 4.45. The highest BCUT2D eigenvalue weighted by Gasteiger charge is 2.16. The summed E-state index contributed by atoms with van der Waals surface area (Å²) in [5.74, 6) is -0.369. The second-order valence-corrected chi connectivity index (χ2v) is 6.23. The topological polar surface area (TPSA) is 99.2 Å². The quantitative estimate of drug-likeness (QED) is 0.682. The van der Waals surface area contributed by atoms with Crippen molar-refractivity contribution in [2.75, 3.05) is 5.32 Å². The number of nitrogens with one attached hydrogen (secondary N) is 1. The molecule has 27 heavy (non-hydrogen) atoms. The summed E-state index contributed by atoms with van der Waals surface area (Å²) in [5.41, 5.74) is 7.04. The molecule has 3 N–H and O–H groups in total. The van der Waals surface area contributed by atoms with Crippen LogP contribution in [0.15, 0.2) is 54.7 Å². The van der Waals surface area contributed by atoms with Crippen LogP contribution >= 0.6 is 11.6 Å². The average Bonchev–Trinajstić information content (AvgIpc) is 3.01. The number of amides is 2. The molecular formula is C19H17ClN4O3. The van der Waals surface area contributed by atoms with E-state index >= 15 is 0 Å². The third-order valence-corrected chi connectivity index (χ3v) is 4.07. The van der Waals surface area contributed by atoms with Crippen LogP contribution in [0, 0.1) is 0 Å². The van der Waals surface area contributed by atoms with E-state index in [1.807, 2.05) is 12.1 Å². The van der Waals surface area contributed by atoms with Crippen LogP contribution < -0.4 is 15.8 Å². The number of anilines is 1. The fourth-order valence-electron chi connectivity index (χ4n) is 2.49. The molecule has 0 atom stereocenters. The Bertz CT molecular complexity index is 983. The van der Waals surface area contributed by atoms with Crippen LogP contribution in [-0.2, 0) is 13.7 Å². The number of primary amides is 1. The van der Waals surface area contributed by atoms with Gasteiger partial charge in [-0.05, 0) is 35.9 Å². The van der Waals surface area contributed by atoms with Crippen LogP contribution in [0.4, 0.5) is 5.69 Å². The van der Waals surface area contributed by atoms with Gasteiger partial charge in [0.05, 0.1) is 11.9 Å². The first-order chi connectivity index (χ1) is 12.9. The molecule has 0 saturated heterocycles. The van der Waals surface area contributed by atoms with Crippen molar-refractivity contribution in [1.82, 2.24) is 9.78 Å². The van der Waals surface area contributed by atoms with Crippen LogP contribution in [-0.4, -0.2) is 21.6 Å². The molecule has 1 heterocycles. The monoisotopic (exact) mass is 384 g/mol. The van der Waals surface area contributed by atoms with Gasteiger partial charge in [-0.1, -0.05) is 29.8 Å². The SMILES string of the molecule is Cn1ncc(NC(=O)c2ccc(COc3cccc(Cl)c3)cc2)c1C(N)=O. The molecule has 7 nitrogen and oxygen atoms in total. The van der Waals surface area contributed by atoms with Crippen LogP contribution in [0.25, 0.3) is 0 Å². The zero-order valence-corrected chi connectivity index (χ0v) is 15.2. The Balaban J connectivity index is 1.64. The number of benzene rings is 2. The molecule has 0 unspecified atom stereocenters. The molecule has 1 aromatic heterocycles. The lowest BCUT2D eigenvalue weighted by Crippen LogP contribution is -2.20. The van der Waals surface area contributed by atoms with Gasteiger partial charge >= 0.3 is 0 Å². The first-order valence-corrected chi connectivity index (χ1v) is 8.42. The van der Waals surface area contributed by atoms with Crippen molar-refractivity contribution >= 4 is 29.1 Å². The zero-order chi connectivity index (χ0) is 19.4. The van der Waals surface area contributed by atoms with Gasteiger partial charge in [-0.25, -0.2) is 0 Å². The van der Waals surface area contributed by atoms with E-state index in [4.69, 9.17) is 22.1 Å². The van der Waals surface area contributed by atoms with Crippen molar-refractivity contribution in [2.24, 2.45) is 12.8 Å². The smallest absolute Gasteiger partial charge is 0.269 e. The fourth-order valence-corrected chi connectivity index (χ4v) is 2.67. The molecule has 2 aromatic carbocycles. The Hall–Kier alpha value is -3.32. The highest BCUT2D eigenvalue weighted by Crippen LogP contribution is 2.19. The molecular weight excluding hydrogens is 368 g/mol. The van der Waals surface area contributed by atoms with E-state index in [2.05, 4.69) is 10.4 Å². The molecule has 138 valence electrons. The lowest BCUT2D eigenvalue weighted by atomic mass is 10.1. The van der Waals surface area contributed by atoms with Gasteiger partial charge in [0.15, 0.2) is 0 Å². The number of carbonyl (C=O) groups excluding carboxylic acids is 2. The summed E-state index contributed by atoms with van der Waals surface area (Å²) >= 11 is 5.92. The van der Waals surface area contributed by atoms with Crippen LogP contribution in [0.5, 0.6) is 5.75 Å². The number of aryl methyl sites for hydroxylation is 1. The molecule has 8 heteroatoms. The summed E-state index contributed by atoms with van der Waals surface area (Å²) in [6.07, 6.45) is 1.38. The van der Waals surface area contributed by atoms with E-state index in [0.29, 0.717) is 22.9 Å². The molecule has 0 bridgehead atoms. The first-order valence-electron chi connectivity index (χ1n) is 8.04. The van der Waals surface area contributed by atoms with Crippen LogP contribution in [0.2, 0.25) is 5.02 Å². The molecule has 0 aliphatic rings. The molecule has 3 rings (SSSR count). The lowest BCUT2D eigenvalue weighted by molar-refractivity contribution is 0.0992. The second-order valence-electron chi connectivity index (χ2n) is 5.79. The summed E-state index contributed by atoms with van der Waals surface area (Å²) in [7, 11) is 1.57. The van der Waals surface area contributed by atoms with Gasteiger partial charge in [0.25, 0.3) is 11.8 Å². The van der Waals surface area contributed by atoms with Gasteiger partial charge in [0.1, 0.15) is 18.1 Å². The normalized spacial score (nSPS) is 10.4. The Kier molecular flexibility index (Phi) is 5.42. The maximum Gasteiger partial charge on any atom is 0.269 e. The predicted molar refractivity (Wildman–Crippen MR) is 102 cm³/mol. The molecule has 0 fully saturated rings. The summed E-state index contributed by atoms with van der Waals surface area (Å²) < 4.78 is 6.98. The van der Waals surface area contributed by atoms with Gasteiger partial charge in [-0.2, -0.15) is 5.10 Å². The van der Waals surface area contributed by atoms with E-state index in [1.54, 1.807) is 43.4 Å². The first kappa shape index (κ1) is 18.5. The molecule has 3 aromatic rings. The largest absolute Gasteiger partial charge is 0.489 e. The number of rotatable bonds is 6. The minimum absolute atomic E-state index is 0.134. The number of ether oxygens (including phenoxy) is 1. The molecule has 0 spiro atoms. The van der Waals surface area contributed by atoms with Crippen molar-refractivity contribution in [1.29, 1.82) is 0 Å². The molecule has 0 aliphatic carbocycles. The number of nitrogens with two attached hydrogens (primary N) is 1. The summed E-state index contributed by atoms with van der Waals surface area (Å²) in [6, 6.07) is 14.1. The van der Waals surface area contributed by atoms with E-state index in [-0.39, 0.29) is 17.3 Å². The summed E-state index contributed by atoms with van der Waals surface area (Å²) in [4.78, 5) is 23.8. The summed E-state index contributed by atoms with van der Waals surface area (Å²) in [5, 5.41) is 7.18. The molecule has 0 radical (unpaired) electrons. The van der Waals surface area contributed by atoms with Crippen molar-refractivity contribution in [3.05, 3.63) is 76.6 Å². The summed E-state index contributed by atoms with van der Waals surface area (Å²) in [6.45, 7) is 0.344. The highest BCUT2D eigenvalue weighted by molar-refractivity contribution is 6.30. The molecule has 0 aliphatic heterocycles. The maximum absolute atomic E-state index is 12.4. The number of hydrogen-bond donors (Lipinski definition) is 2. The fraction of sp³-hybridized carbons (Fsp3) is 0.105. The van der Waals surface area contributed by atoms with Gasteiger partial charge in [0.2, 0.25) is 0 Å². The third-order valence-electron chi connectivity index (χ3n) is 3.84.